The second-order valence-electron chi connectivity index (χ2n) is 7.26. The zero-order valence-corrected chi connectivity index (χ0v) is 17.3. The predicted octanol–water partition coefficient (Wildman–Crippen LogP) is 2.36. The van der Waals surface area contributed by atoms with E-state index in [2.05, 4.69) is 19.9 Å². The van der Waals surface area contributed by atoms with E-state index in [-0.39, 0.29) is 16.7 Å². The smallest absolute Gasteiger partial charge is 0.255 e. The molecule has 0 atom stereocenters. The fraction of sp³-hybridized carbons (Fsp3) is 0.286. The van der Waals surface area contributed by atoms with Gasteiger partial charge in [0.05, 0.1) is 11.3 Å². The molecule has 0 aromatic carbocycles. The Morgan fingerprint density at radius 3 is 2.40 bits per heavy atom. The van der Waals surface area contributed by atoms with Crippen molar-refractivity contribution >= 4 is 15.7 Å². The lowest BCUT2D eigenvalue weighted by Gasteiger charge is -2.32. The maximum Gasteiger partial charge on any atom is 0.255 e. The summed E-state index contributed by atoms with van der Waals surface area (Å²) in [6, 6.07) is 7.05. The minimum atomic E-state index is -3.48. The van der Waals surface area contributed by atoms with Crippen LogP contribution in [0.5, 0.6) is 0 Å². The highest BCUT2D eigenvalue weighted by Crippen LogP contribution is 2.32. The van der Waals surface area contributed by atoms with Gasteiger partial charge in [0.25, 0.3) is 5.91 Å². The highest BCUT2D eigenvalue weighted by molar-refractivity contribution is 7.90. The third-order valence-corrected chi connectivity index (χ3v) is 6.31. The molecule has 0 bridgehead atoms. The number of piperidine rings is 1. The second kappa shape index (κ2) is 8.27. The number of carbonyl (C=O) groups excluding carboxylic acids is 1. The van der Waals surface area contributed by atoms with E-state index in [1.54, 1.807) is 54.0 Å². The Balaban J connectivity index is 1.60. The lowest BCUT2D eigenvalue weighted by atomic mass is 9.92. The van der Waals surface area contributed by atoms with Crippen LogP contribution in [0.1, 0.15) is 34.8 Å². The maximum absolute atomic E-state index is 12.7. The number of rotatable bonds is 4. The van der Waals surface area contributed by atoms with Gasteiger partial charge in [0, 0.05) is 61.8 Å². The van der Waals surface area contributed by atoms with Gasteiger partial charge in [-0.1, -0.05) is 0 Å². The molecule has 0 N–H and O–H groups in total. The molecule has 1 aliphatic rings. The van der Waals surface area contributed by atoms with E-state index in [0.29, 0.717) is 43.0 Å². The van der Waals surface area contributed by atoms with E-state index in [1.807, 2.05) is 0 Å². The Kier molecular flexibility index (Phi) is 5.54. The van der Waals surface area contributed by atoms with Crippen LogP contribution in [-0.2, 0) is 9.84 Å². The third kappa shape index (κ3) is 4.20. The van der Waals surface area contributed by atoms with Crippen molar-refractivity contribution in [2.75, 3.05) is 19.3 Å². The Morgan fingerprint density at radius 2 is 1.77 bits per heavy atom. The van der Waals surface area contributed by atoms with Crippen molar-refractivity contribution in [1.82, 2.24) is 24.8 Å². The van der Waals surface area contributed by atoms with Gasteiger partial charge >= 0.3 is 0 Å². The third-order valence-electron chi connectivity index (χ3n) is 5.20. The van der Waals surface area contributed by atoms with Crippen LogP contribution in [0.25, 0.3) is 11.4 Å². The van der Waals surface area contributed by atoms with Crippen LogP contribution in [0.15, 0.2) is 60.1 Å². The van der Waals surface area contributed by atoms with Crippen molar-refractivity contribution in [3.63, 3.8) is 0 Å². The molecule has 1 fully saturated rings. The lowest BCUT2D eigenvalue weighted by molar-refractivity contribution is 0.0711. The zero-order valence-electron chi connectivity index (χ0n) is 16.5. The van der Waals surface area contributed by atoms with Crippen LogP contribution in [0.2, 0.25) is 0 Å². The summed E-state index contributed by atoms with van der Waals surface area (Å²) in [6.07, 6.45) is 10.3. The fourth-order valence-electron chi connectivity index (χ4n) is 3.63. The highest BCUT2D eigenvalue weighted by Gasteiger charge is 2.29. The standard InChI is InChI=1S/C21H21N5O3S/c1-30(28,29)18-14-24-20(16-4-9-22-10-5-16)25-19(18)15-6-11-26(12-7-15)21(27)17-3-2-8-23-13-17/h2-5,8-10,13-15H,6-7,11-12H2,1H3. The van der Waals surface area contributed by atoms with E-state index in [0.717, 1.165) is 5.56 Å². The van der Waals surface area contributed by atoms with Crippen molar-refractivity contribution in [3.05, 3.63) is 66.5 Å². The topological polar surface area (TPSA) is 106 Å². The molecule has 30 heavy (non-hydrogen) atoms. The Morgan fingerprint density at radius 1 is 1.03 bits per heavy atom. The summed E-state index contributed by atoms with van der Waals surface area (Å²) in [4.78, 5) is 31.5. The second-order valence-corrected chi connectivity index (χ2v) is 9.24. The first-order valence-electron chi connectivity index (χ1n) is 9.60. The van der Waals surface area contributed by atoms with Crippen molar-refractivity contribution in [3.8, 4) is 11.4 Å². The molecule has 0 unspecified atom stereocenters. The number of pyridine rings is 2. The summed E-state index contributed by atoms with van der Waals surface area (Å²) in [7, 11) is -3.48. The summed E-state index contributed by atoms with van der Waals surface area (Å²) in [5, 5.41) is 0. The maximum atomic E-state index is 12.7. The zero-order chi connectivity index (χ0) is 21.1. The van der Waals surface area contributed by atoms with Gasteiger partial charge in [0.1, 0.15) is 4.90 Å². The van der Waals surface area contributed by atoms with Gasteiger partial charge in [-0.2, -0.15) is 0 Å². The van der Waals surface area contributed by atoms with E-state index in [4.69, 9.17) is 0 Å². The number of likely N-dealkylation sites (tertiary alicyclic amines) is 1. The number of nitrogens with zero attached hydrogens (tertiary/aromatic N) is 5. The van der Waals surface area contributed by atoms with Crippen LogP contribution >= 0.6 is 0 Å². The Bertz CT molecular complexity index is 1150. The van der Waals surface area contributed by atoms with Gasteiger partial charge in [0.15, 0.2) is 15.7 Å². The summed E-state index contributed by atoms with van der Waals surface area (Å²) in [5.41, 5.74) is 1.85. The summed E-state index contributed by atoms with van der Waals surface area (Å²) >= 11 is 0. The van der Waals surface area contributed by atoms with Crippen LogP contribution in [0.3, 0.4) is 0 Å². The average Bonchev–Trinajstić information content (AvgIpc) is 2.79. The van der Waals surface area contributed by atoms with Crippen LogP contribution in [-0.4, -0.2) is 58.5 Å². The number of sulfone groups is 1. The molecular formula is C21H21N5O3S. The first-order valence-corrected chi connectivity index (χ1v) is 11.5. The molecule has 4 heterocycles. The van der Waals surface area contributed by atoms with Crippen molar-refractivity contribution in [2.45, 2.75) is 23.7 Å². The normalized spacial score (nSPS) is 15.2. The molecule has 9 heteroatoms. The number of carbonyl (C=O) groups is 1. The minimum absolute atomic E-state index is 0.0648. The first-order chi connectivity index (χ1) is 14.4. The molecule has 154 valence electrons. The molecule has 0 saturated carbocycles. The Labute approximate surface area is 175 Å². The van der Waals surface area contributed by atoms with Crippen molar-refractivity contribution in [2.24, 2.45) is 0 Å². The summed E-state index contributed by atoms with van der Waals surface area (Å²) in [6.45, 7) is 1.05. The van der Waals surface area contributed by atoms with Crippen LogP contribution < -0.4 is 0 Å². The molecule has 0 spiro atoms. The SMILES string of the molecule is CS(=O)(=O)c1cnc(-c2ccncc2)nc1C1CCN(C(=O)c2cccnc2)CC1. The highest BCUT2D eigenvalue weighted by atomic mass is 32.2. The largest absolute Gasteiger partial charge is 0.339 e. The monoisotopic (exact) mass is 423 g/mol. The van der Waals surface area contributed by atoms with E-state index in [9.17, 15) is 13.2 Å². The molecule has 1 amide bonds. The van der Waals surface area contributed by atoms with Gasteiger partial charge < -0.3 is 4.90 Å². The molecule has 1 aliphatic heterocycles. The molecular weight excluding hydrogens is 402 g/mol. The van der Waals surface area contributed by atoms with Gasteiger partial charge in [0.2, 0.25) is 0 Å². The van der Waals surface area contributed by atoms with Gasteiger partial charge in [-0.05, 0) is 37.1 Å². The fourth-order valence-corrected chi connectivity index (χ4v) is 4.47. The average molecular weight is 423 g/mol. The number of amides is 1. The van der Waals surface area contributed by atoms with E-state index in [1.165, 1.54) is 12.5 Å². The van der Waals surface area contributed by atoms with E-state index < -0.39 is 9.84 Å². The molecule has 3 aromatic rings. The number of hydrogen-bond acceptors (Lipinski definition) is 7. The molecule has 0 aliphatic carbocycles. The number of hydrogen-bond donors (Lipinski definition) is 0. The molecule has 3 aromatic heterocycles. The minimum Gasteiger partial charge on any atom is -0.339 e. The first kappa shape index (κ1) is 20.1. The number of aromatic nitrogens is 4. The summed E-state index contributed by atoms with van der Waals surface area (Å²) < 4.78 is 24.7. The van der Waals surface area contributed by atoms with Crippen molar-refractivity contribution in [1.29, 1.82) is 0 Å². The predicted molar refractivity (Wildman–Crippen MR) is 110 cm³/mol. The Hall–Kier alpha value is -3.20. The van der Waals surface area contributed by atoms with Crippen LogP contribution in [0.4, 0.5) is 0 Å². The molecule has 4 rings (SSSR count). The summed E-state index contributed by atoms with van der Waals surface area (Å²) in [5.74, 6) is 0.329. The van der Waals surface area contributed by atoms with Gasteiger partial charge in [-0.3, -0.25) is 14.8 Å². The van der Waals surface area contributed by atoms with Crippen LogP contribution in [0, 0.1) is 0 Å². The lowest BCUT2D eigenvalue weighted by Crippen LogP contribution is -2.38. The molecule has 0 radical (unpaired) electrons. The van der Waals surface area contributed by atoms with Gasteiger partial charge in [-0.25, -0.2) is 18.4 Å². The quantitative estimate of drug-likeness (QED) is 0.634. The van der Waals surface area contributed by atoms with Crippen molar-refractivity contribution < 1.29 is 13.2 Å². The molecule has 8 nitrogen and oxygen atoms in total. The molecule has 1 saturated heterocycles. The van der Waals surface area contributed by atoms with E-state index >= 15 is 0 Å². The van der Waals surface area contributed by atoms with Gasteiger partial charge in [-0.15, -0.1) is 0 Å².